The van der Waals surface area contributed by atoms with Crippen molar-refractivity contribution in [2.24, 2.45) is 0 Å². The quantitative estimate of drug-likeness (QED) is 0.721. The maximum atomic E-state index is 12.9. The molecule has 0 fully saturated rings. The van der Waals surface area contributed by atoms with Gasteiger partial charge in [-0.25, -0.2) is 4.98 Å². The van der Waals surface area contributed by atoms with E-state index in [1.54, 1.807) is 0 Å². The van der Waals surface area contributed by atoms with Crippen molar-refractivity contribution in [3.05, 3.63) is 17.6 Å². The summed E-state index contributed by atoms with van der Waals surface area (Å²) in [4.78, 5) is 3.22. The van der Waals surface area contributed by atoms with E-state index in [1.165, 1.54) is 6.92 Å². The van der Waals surface area contributed by atoms with Crippen molar-refractivity contribution in [3.63, 3.8) is 0 Å². The van der Waals surface area contributed by atoms with Crippen LogP contribution in [0, 0.1) is 12.7 Å². The molecule has 1 heterocycles. The third-order valence-corrected chi connectivity index (χ3v) is 1.30. The van der Waals surface area contributed by atoms with E-state index in [2.05, 4.69) is 9.72 Å². The molecule has 7 heteroatoms. The van der Waals surface area contributed by atoms with E-state index in [9.17, 15) is 17.6 Å². The zero-order valence-corrected chi connectivity index (χ0v) is 7.02. The van der Waals surface area contributed by atoms with Gasteiger partial charge in [-0.2, -0.15) is 4.39 Å². The van der Waals surface area contributed by atoms with Gasteiger partial charge in [-0.05, 0) is 13.0 Å². The average molecular weight is 210 g/mol. The van der Waals surface area contributed by atoms with Gasteiger partial charge in [0.1, 0.15) is 0 Å². The van der Waals surface area contributed by atoms with Gasteiger partial charge in [-0.1, -0.05) is 0 Å². The van der Waals surface area contributed by atoms with Crippen LogP contribution in [0.15, 0.2) is 6.07 Å². The molecule has 0 spiro atoms. The number of hydrogen-bond acceptors (Lipinski definition) is 3. The van der Waals surface area contributed by atoms with Gasteiger partial charge >= 0.3 is 6.36 Å². The number of hydrogen-bond donors (Lipinski definition) is 1. The predicted octanol–water partition coefficient (Wildman–Crippen LogP) is 2.01. The Balaban J connectivity index is 3.09. The molecule has 0 radical (unpaired) electrons. The van der Waals surface area contributed by atoms with Crippen LogP contribution < -0.4 is 10.5 Å². The standard InChI is InChI=1S/C7H6F4N2O/c1-3-2-4(12)5(8)6(13-3)14-7(9,10)11/h2H,1H3,(H2,12,13). The summed E-state index contributed by atoms with van der Waals surface area (Å²) in [6.07, 6.45) is -4.98. The van der Waals surface area contributed by atoms with E-state index >= 15 is 0 Å². The van der Waals surface area contributed by atoms with Crippen LogP contribution >= 0.6 is 0 Å². The molecular weight excluding hydrogens is 204 g/mol. The highest BCUT2D eigenvalue weighted by Gasteiger charge is 2.33. The van der Waals surface area contributed by atoms with Gasteiger partial charge in [-0.3, -0.25) is 0 Å². The van der Waals surface area contributed by atoms with Crippen LogP contribution in [-0.4, -0.2) is 11.3 Å². The first-order valence-corrected chi connectivity index (χ1v) is 3.48. The summed E-state index contributed by atoms with van der Waals surface area (Å²) in [5.74, 6) is -2.47. The maximum Gasteiger partial charge on any atom is 0.574 e. The Kier molecular flexibility index (Phi) is 2.50. The molecule has 0 aliphatic carbocycles. The van der Waals surface area contributed by atoms with Gasteiger partial charge in [0, 0.05) is 5.69 Å². The third kappa shape index (κ3) is 2.48. The fraction of sp³-hybridized carbons (Fsp3) is 0.286. The van der Waals surface area contributed by atoms with Crippen LogP contribution in [0.3, 0.4) is 0 Å². The fourth-order valence-electron chi connectivity index (χ4n) is 0.831. The zero-order valence-electron chi connectivity index (χ0n) is 7.02. The molecule has 2 N–H and O–H groups in total. The van der Waals surface area contributed by atoms with Crippen LogP contribution in [-0.2, 0) is 0 Å². The lowest BCUT2D eigenvalue weighted by atomic mass is 10.3. The van der Waals surface area contributed by atoms with Gasteiger partial charge in [0.2, 0.25) is 5.82 Å². The van der Waals surface area contributed by atoms with Gasteiger partial charge in [0.25, 0.3) is 5.88 Å². The minimum Gasteiger partial charge on any atom is -0.396 e. The molecule has 0 aromatic carbocycles. The molecule has 0 atom stereocenters. The number of pyridine rings is 1. The van der Waals surface area contributed by atoms with Crippen molar-refractivity contribution in [1.82, 2.24) is 4.98 Å². The van der Waals surface area contributed by atoms with Gasteiger partial charge in [0.15, 0.2) is 0 Å². The highest BCUT2D eigenvalue weighted by molar-refractivity contribution is 5.44. The summed E-state index contributed by atoms with van der Waals surface area (Å²) in [5, 5.41) is 0. The van der Waals surface area contributed by atoms with Crippen molar-refractivity contribution in [2.75, 3.05) is 5.73 Å². The number of aryl methyl sites for hydroxylation is 1. The number of ether oxygens (including phenoxy) is 1. The molecule has 1 aromatic rings. The van der Waals surface area contributed by atoms with Crippen LogP contribution in [0.2, 0.25) is 0 Å². The van der Waals surface area contributed by atoms with Gasteiger partial charge in [0.05, 0.1) is 5.69 Å². The molecule has 0 aliphatic rings. The molecule has 0 bridgehead atoms. The van der Waals surface area contributed by atoms with E-state index in [-0.39, 0.29) is 5.69 Å². The summed E-state index contributed by atoms with van der Waals surface area (Å²) >= 11 is 0. The van der Waals surface area contributed by atoms with Crippen LogP contribution in [0.1, 0.15) is 5.69 Å². The first-order valence-electron chi connectivity index (χ1n) is 3.48. The van der Waals surface area contributed by atoms with Gasteiger partial charge < -0.3 is 10.5 Å². The second-order valence-corrected chi connectivity index (χ2v) is 2.52. The van der Waals surface area contributed by atoms with Crippen LogP contribution in [0.5, 0.6) is 5.88 Å². The summed E-state index contributed by atoms with van der Waals surface area (Å²) < 4.78 is 51.4. The zero-order chi connectivity index (χ0) is 10.9. The molecule has 0 amide bonds. The number of nitrogen functional groups attached to an aromatic ring is 1. The van der Waals surface area contributed by atoms with Crippen molar-refractivity contribution in [2.45, 2.75) is 13.3 Å². The highest BCUT2D eigenvalue weighted by Crippen LogP contribution is 2.26. The molecule has 1 rings (SSSR count). The second-order valence-electron chi connectivity index (χ2n) is 2.52. The van der Waals surface area contributed by atoms with E-state index in [4.69, 9.17) is 5.73 Å². The minimum absolute atomic E-state index is 0.142. The lowest BCUT2D eigenvalue weighted by molar-refractivity contribution is -0.277. The number of aromatic nitrogens is 1. The fourth-order valence-corrected chi connectivity index (χ4v) is 0.831. The topological polar surface area (TPSA) is 48.1 Å². The first kappa shape index (κ1) is 10.6. The predicted molar refractivity (Wildman–Crippen MR) is 40.0 cm³/mol. The van der Waals surface area contributed by atoms with E-state index in [1.807, 2.05) is 0 Å². The van der Waals surface area contributed by atoms with Crippen molar-refractivity contribution >= 4 is 5.69 Å². The van der Waals surface area contributed by atoms with E-state index < -0.39 is 23.7 Å². The van der Waals surface area contributed by atoms with Crippen molar-refractivity contribution in [1.29, 1.82) is 0 Å². The summed E-state index contributed by atoms with van der Waals surface area (Å²) in [7, 11) is 0. The molecule has 14 heavy (non-hydrogen) atoms. The van der Waals surface area contributed by atoms with Crippen LogP contribution in [0.25, 0.3) is 0 Å². The molecule has 3 nitrogen and oxygen atoms in total. The molecule has 0 unspecified atom stereocenters. The molecular formula is C7H6F4N2O. The lowest BCUT2D eigenvalue weighted by Crippen LogP contribution is -2.19. The Bertz CT molecular complexity index is 350. The number of halogens is 4. The Hall–Kier alpha value is -1.53. The number of alkyl halides is 3. The highest BCUT2D eigenvalue weighted by atomic mass is 19.4. The number of rotatable bonds is 1. The van der Waals surface area contributed by atoms with Crippen molar-refractivity contribution in [3.8, 4) is 5.88 Å². The number of nitrogens with zero attached hydrogens (tertiary/aromatic N) is 1. The monoisotopic (exact) mass is 210 g/mol. The van der Waals surface area contributed by atoms with Crippen LogP contribution in [0.4, 0.5) is 23.2 Å². The molecule has 1 aromatic heterocycles. The molecule has 0 saturated carbocycles. The largest absolute Gasteiger partial charge is 0.574 e. The third-order valence-electron chi connectivity index (χ3n) is 1.30. The van der Waals surface area contributed by atoms with Gasteiger partial charge in [-0.15, -0.1) is 13.2 Å². The lowest BCUT2D eigenvalue weighted by Gasteiger charge is -2.10. The second kappa shape index (κ2) is 3.32. The summed E-state index contributed by atoms with van der Waals surface area (Å²) in [5.41, 5.74) is 4.79. The molecule has 0 saturated heterocycles. The van der Waals surface area contributed by atoms with E-state index in [0.717, 1.165) is 6.07 Å². The Morgan fingerprint density at radius 2 is 2.00 bits per heavy atom. The smallest absolute Gasteiger partial charge is 0.396 e. The summed E-state index contributed by atoms with van der Waals surface area (Å²) in [6, 6.07) is 1.11. The SMILES string of the molecule is Cc1cc(N)c(F)c(OC(F)(F)F)n1. The normalized spacial score (nSPS) is 11.5. The molecule has 0 aliphatic heterocycles. The number of nitrogens with two attached hydrogens (primary N) is 1. The van der Waals surface area contributed by atoms with Crippen molar-refractivity contribution < 1.29 is 22.3 Å². The number of anilines is 1. The average Bonchev–Trinajstić information content (AvgIpc) is 1.96. The first-order chi connectivity index (χ1) is 6.29. The van der Waals surface area contributed by atoms with E-state index in [0.29, 0.717) is 0 Å². The Morgan fingerprint density at radius 3 is 2.50 bits per heavy atom. The Morgan fingerprint density at radius 1 is 1.43 bits per heavy atom. The summed E-state index contributed by atoms with van der Waals surface area (Å²) in [6.45, 7) is 1.37. The minimum atomic E-state index is -4.98. The molecule has 78 valence electrons. The maximum absolute atomic E-state index is 12.9. The Labute approximate surface area is 76.5 Å².